The fourth-order valence-corrected chi connectivity index (χ4v) is 4.39. The Morgan fingerprint density at radius 3 is 2.89 bits per heavy atom. The van der Waals surface area contributed by atoms with Gasteiger partial charge < -0.3 is 14.9 Å². The molecule has 3 aromatic rings. The van der Waals surface area contributed by atoms with Crippen LogP contribution in [-0.4, -0.2) is 39.4 Å². The first-order chi connectivity index (χ1) is 13.4. The van der Waals surface area contributed by atoms with E-state index < -0.39 is 18.3 Å². The average molecular weight is 419 g/mol. The summed E-state index contributed by atoms with van der Waals surface area (Å²) in [4.78, 5) is 17.1. The zero-order chi connectivity index (χ0) is 19.8. The molecule has 28 heavy (non-hydrogen) atoms. The predicted octanol–water partition coefficient (Wildman–Crippen LogP) is 3.77. The normalized spacial score (nSPS) is 25.0. The van der Waals surface area contributed by atoms with Gasteiger partial charge in [0.15, 0.2) is 5.13 Å². The van der Waals surface area contributed by atoms with Crippen molar-refractivity contribution < 1.29 is 19.7 Å². The summed E-state index contributed by atoms with van der Waals surface area (Å²) in [5, 5.41) is 24.0. The standard InChI is InChI=1S/C20H19ClN2O4S/c1-10-15(24)9-16(25)18(27-10)11-3-2-4-12(7-11)19(26)23-20-22-14-6-5-13(21)8-17(14)28-20/h2-8,10,15-16,18,24-25H,9H2,1H3,(H,22,23,26)/t10-,15?,16+,18?/m1/s1. The maximum Gasteiger partial charge on any atom is 0.257 e. The van der Waals surface area contributed by atoms with Gasteiger partial charge in [0.05, 0.1) is 28.5 Å². The van der Waals surface area contributed by atoms with Crippen molar-refractivity contribution in [1.29, 1.82) is 0 Å². The van der Waals surface area contributed by atoms with Crippen molar-refractivity contribution in [2.24, 2.45) is 0 Å². The lowest BCUT2D eigenvalue weighted by Gasteiger charge is -2.36. The SMILES string of the molecule is C[C@H]1OC(c2cccc(C(=O)Nc3nc4ccc(Cl)cc4s3)c2)[C@@H](O)CC1O. The largest absolute Gasteiger partial charge is 0.390 e. The van der Waals surface area contributed by atoms with Crippen LogP contribution >= 0.6 is 22.9 Å². The minimum atomic E-state index is -0.835. The average Bonchev–Trinajstić information content (AvgIpc) is 3.06. The Hall–Kier alpha value is -2.03. The van der Waals surface area contributed by atoms with Gasteiger partial charge in [0, 0.05) is 17.0 Å². The number of aliphatic hydroxyl groups excluding tert-OH is 2. The highest BCUT2D eigenvalue weighted by Gasteiger charge is 2.35. The molecule has 2 aromatic carbocycles. The van der Waals surface area contributed by atoms with Crippen LogP contribution in [0.5, 0.6) is 0 Å². The molecule has 2 unspecified atom stereocenters. The number of benzene rings is 2. The Balaban J connectivity index is 1.54. The Labute approximate surface area is 170 Å². The predicted molar refractivity (Wildman–Crippen MR) is 109 cm³/mol. The van der Waals surface area contributed by atoms with Gasteiger partial charge >= 0.3 is 0 Å². The van der Waals surface area contributed by atoms with E-state index in [0.29, 0.717) is 21.3 Å². The Kier molecular flexibility index (Phi) is 5.35. The molecular formula is C20H19ClN2O4S. The minimum Gasteiger partial charge on any atom is -0.390 e. The number of carbonyl (C=O) groups excluding carboxylic acids is 1. The zero-order valence-electron chi connectivity index (χ0n) is 15.0. The molecule has 0 bridgehead atoms. The monoisotopic (exact) mass is 418 g/mol. The smallest absolute Gasteiger partial charge is 0.257 e. The molecule has 0 saturated carbocycles. The number of anilines is 1. The van der Waals surface area contributed by atoms with Crippen LogP contribution < -0.4 is 5.32 Å². The van der Waals surface area contributed by atoms with Crippen LogP contribution in [0.1, 0.15) is 35.4 Å². The molecule has 146 valence electrons. The Bertz CT molecular complexity index is 1020. The summed E-state index contributed by atoms with van der Waals surface area (Å²) in [6.07, 6.45) is -2.28. The summed E-state index contributed by atoms with van der Waals surface area (Å²) in [6, 6.07) is 12.3. The van der Waals surface area contributed by atoms with E-state index >= 15 is 0 Å². The number of halogens is 1. The van der Waals surface area contributed by atoms with Crippen LogP contribution in [0.15, 0.2) is 42.5 Å². The van der Waals surface area contributed by atoms with Crippen molar-refractivity contribution in [3.63, 3.8) is 0 Å². The number of rotatable bonds is 3. The van der Waals surface area contributed by atoms with Crippen molar-refractivity contribution in [3.8, 4) is 0 Å². The molecule has 0 radical (unpaired) electrons. The number of aromatic nitrogens is 1. The van der Waals surface area contributed by atoms with E-state index in [-0.39, 0.29) is 18.4 Å². The number of hydrogen-bond donors (Lipinski definition) is 3. The number of ether oxygens (including phenoxy) is 1. The molecule has 4 atom stereocenters. The van der Waals surface area contributed by atoms with Gasteiger partial charge in [-0.05, 0) is 42.8 Å². The van der Waals surface area contributed by atoms with E-state index in [0.717, 1.165) is 10.2 Å². The van der Waals surface area contributed by atoms with Gasteiger partial charge in [-0.15, -0.1) is 0 Å². The van der Waals surface area contributed by atoms with Crippen LogP contribution in [0.3, 0.4) is 0 Å². The molecule has 1 fully saturated rings. The second-order valence-corrected chi connectivity index (χ2v) is 8.31. The number of amides is 1. The molecule has 1 amide bonds. The molecule has 4 rings (SSSR count). The first-order valence-corrected chi connectivity index (χ1v) is 10.1. The van der Waals surface area contributed by atoms with Gasteiger partial charge in [0.25, 0.3) is 5.91 Å². The topological polar surface area (TPSA) is 91.7 Å². The van der Waals surface area contributed by atoms with Crippen molar-refractivity contribution in [1.82, 2.24) is 4.98 Å². The molecule has 3 N–H and O–H groups in total. The summed E-state index contributed by atoms with van der Waals surface area (Å²) >= 11 is 7.34. The van der Waals surface area contributed by atoms with E-state index in [1.54, 1.807) is 37.3 Å². The van der Waals surface area contributed by atoms with Crippen molar-refractivity contribution >= 4 is 44.2 Å². The van der Waals surface area contributed by atoms with Gasteiger partial charge in [-0.3, -0.25) is 10.1 Å². The number of aliphatic hydroxyl groups is 2. The van der Waals surface area contributed by atoms with Gasteiger partial charge in [0.1, 0.15) is 6.10 Å². The lowest BCUT2D eigenvalue weighted by atomic mass is 9.93. The fraction of sp³-hybridized carbons (Fsp3) is 0.300. The summed E-state index contributed by atoms with van der Waals surface area (Å²) in [5.41, 5.74) is 1.89. The maximum atomic E-state index is 12.7. The van der Waals surface area contributed by atoms with Gasteiger partial charge in [-0.2, -0.15) is 0 Å². The second kappa shape index (κ2) is 7.77. The number of fused-ring (bicyclic) bond motifs is 1. The van der Waals surface area contributed by atoms with Crippen molar-refractivity contribution in [2.45, 2.75) is 37.8 Å². The lowest BCUT2D eigenvalue weighted by Crippen LogP contribution is -2.41. The third-order valence-corrected chi connectivity index (χ3v) is 5.95. The van der Waals surface area contributed by atoms with Crippen LogP contribution in [0, 0.1) is 0 Å². The molecule has 1 aliphatic heterocycles. The molecule has 1 aliphatic rings. The molecular weight excluding hydrogens is 400 g/mol. The molecule has 2 heterocycles. The second-order valence-electron chi connectivity index (χ2n) is 6.84. The molecule has 1 aromatic heterocycles. The minimum absolute atomic E-state index is 0.233. The molecule has 0 spiro atoms. The van der Waals surface area contributed by atoms with E-state index in [2.05, 4.69) is 10.3 Å². The third kappa shape index (κ3) is 3.90. The van der Waals surface area contributed by atoms with Crippen LogP contribution in [0.4, 0.5) is 5.13 Å². The van der Waals surface area contributed by atoms with Gasteiger partial charge in [-0.1, -0.05) is 35.1 Å². The summed E-state index contributed by atoms with van der Waals surface area (Å²) in [5.74, 6) is -0.301. The van der Waals surface area contributed by atoms with E-state index in [4.69, 9.17) is 16.3 Å². The van der Waals surface area contributed by atoms with E-state index in [9.17, 15) is 15.0 Å². The quantitative estimate of drug-likeness (QED) is 0.602. The molecule has 1 saturated heterocycles. The van der Waals surface area contributed by atoms with Crippen LogP contribution in [-0.2, 0) is 4.74 Å². The Morgan fingerprint density at radius 2 is 2.07 bits per heavy atom. The highest BCUT2D eigenvalue weighted by molar-refractivity contribution is 7.22. The molecule has 8 heteroatoms. The molecule has 0 aliphatic carbocycles. The number of nitrogens with zero attached hydrogens (tertiary/aromatic N) is 1. The Morgan fingerprint density at radius 1 is 1.25 bits per heavy atom. The summed E-state index contributed by atoms with van der Waals surface area (Å²) < 4.78 is 6.64. The maximum absolute atomic E-state index is 12.7. The van der Waals surface area contributed by atoms with E-state index in [1.165, 1.54) is 11.3 Å². The first-order valence-electron chi connectivity index (χ1n) is 8.89. The van der Waals surface area contributed by atoms with Gasteiger partial charge in [0.2, 0.25) is 0 Å². The zero-order valence-corrected chi connectivity index (χ0v) is 16.6. The van der Waals surface area contributed by atoms with Crippen molar-refractivity contribution in [2.75, 3.05) is 5.32 Å². The number of nitrogens with one attached hydrogen (secondary N) is 1. The number of hydrogen-bond acceptors (Lipinski definition) is 6. The van der Waals surface area contributed by atoms with Crippen molar-refractivity contribution in [3.05, 3.63) is 58.6 Å². The third-order valence-electron chi connectivity index (χ3n) is 4.78. The van der Waals surface area contributed by atoms with E-state index in [1.807, 2.05) is 12.1 Å². The van der Waals surface area contributed by atoms with Crippen LogP contribution in [0.2, 0.25) is 5.02 Å². The number of thiazole rings is 1. The highest BCUT2D eigenvalue weighted by Crippen LogP contribution is 2.33. The van der Waals surface area contributed by atoms with Gasteiger partial charge in [-0.25, -0.2) is 4.98 Å². The lowest BCUT2D eigenvalue weighted by molar-refractivity contribution is -0.164. The first kappa shape index (κ1) is 19.3. The summed E-state index contributed by atoms with van der Waals surface area (Å²) in [7, 11) is 0. The molecule has 6 nitrogen and oxygen atoms in total. The van der Waals surface area contributed by atoms with Crippen LogP contribution in [0.25, 0.3) is 10.2 Å². The fourth-order valence-electron chi connectivity index (χ4n) is 3.25. The number of carbonyl (C=O) groups is 1. The summed E-state index contributed by atoms with van der Waals surface area (Å²) in [6.45, 7) is 1.76. The highest BCUT2D eigenvalue weighted by atomic mass is 35.5.